The highest BCUT2D eigenvalue weighted by Gasteiger charge is 2.22. The van der Waals surface area contributed by atoms with E-state index in [-0.39, 0.29) is 26.6 Å². The number of benzene rings is 1. The van der Waals surface area contributed by atoms with Gasteiger partial charge >= 0.3 is 0 Å². The highest BCUT2D eigenvalue weighted by molar-refractivity contribution is 6.43. The summed E-state index contributed by atoms with van der Waals surface area (Å²) in [6.07, 6.45) is 1.09. The quantitative estimate of drug-likeness (QED) is 0.519. The lowest BCUT2D eigenvalue weighted by atomic mass is 10.1. The summed E-state index contributed by atoms with van der Waals surface area (Å²) in [6.45, 7) is 0. The van der Waals surface area contributed by atoms with Crippen molar-refractivity contribution in [2.24, 2.45) is 0 Å². The zero-order chi connectivity index (χ0) is 15.6. The van der Waals surface area contributed by atoms with Crippen LogP contribution in [0.1, 0.15) is 10.4 Å². The molecule has 1 heterocycles. The number of nitro benzene ring substituents is 1. The molecule has 2 aromatic rings. The standard InChI is InChI=1S/C11H5Cl3N4O3/c12-5-1-2-7(18(20)21)6(3-5)11(19)17-10-8(13)9(14)15-4-16-10/h1-4H,(H,15,16,17,19). The van der Waals surface area contributed by atoms with Gasteiger partial charge in [0.15, 0.2) is 11.0 Å². The van der Waals surface area contributed by atoms with Crippen molar-refractivity contribution in [3.8, 4) is 0 Å². The molecule has 1 aromatic carbocycles. The summed E-state index contributed by atoms with van der Waals surface area (Å²) in [4.78, 5) is 29.7. The van der Waals surface area contributed by atoms with Gasteiger partial charge in [0.2, 0.25) is 0 Å². The molecule has 7 nitrogen and oxygen atoms in total. The molecule has 2 rings (SSSR count). The second-order valence-electron chi connectivity index (χ2n) is 3.70. The van der Waals surface area contributed by atoms with Gasteiger partial charge in [-0.2, -0.15) is 0 Å². The fourth-order valence-electron chi connectivity index (χ4n) is 1.46. The van der Waals surface area contributed by atoms with Crippen LogP contribution in [0, 0.1) is 10.1 Å². The Hall–Kier alpha value is -1.96. The van der Waals surface area contributed by atoms with Gasteiger partial charge in [-0.25, -0.2) is 9.97 Å². The van der Waals surface area contributed by atoms with Crippen LogP contribution in [0.15, 0.2) is 24.5 Å². The highest BCUT2D eigenvalue weighted by atomic mass is 35.5. The molecule has 0 aliphatic rings. The molecule has 0 atom stereocenters. The number of aromatic nitrogens is 2. The van der Waals surface area contributed by atoms with Gasteiger partial charge in [-0.15, -0.1) is 0 Å². The Morgan fingerprint density at radius 2 is 1.95 bits per heavy atom. The Bertz CT molecular complexity index is 739. The molecule has 0 saturated heterocycles. The first-order valence-electron chi connectivity index (χ1n) is 5.31. The second kappa shape index (κ2) is 6.21. The Morgan fingerprint density at radius 3 is 2.62 bits per heavy atom. The number of anilines is 1. The first-order chi connectivity index (χ1) is 9.90. The third-order valence-electron chi connectivity index (χ3n) is 2.38. The minimum Gasteiger partial charge on any atom is -0.305 e. The van der Waals surface area contributed by atoms with Crippen LogP contribution in [-0.2, 0) is 0 Å². The van der Waals surface area contributed by atoms with Gasteiger partial charge in [0.05, 0.1) is 4.92 Å². The maximum atomic E-state index is 12.1. The van der Waals surface area contributed by atoms with Crippen LogP contribution in [0.25, 0.3) is 0 Å². The topological polar surface area (TPSA) is 98.0 Å². The summed E-state index contributed by atoms with van der Waals surface area (Å²) in [6, 6.07) is 3.61. The van der Waals surface area contributed by atoms with Gasteiger partial charge in [0.1, 0.15) is 16.9 Å². The van der Waals surface area contributed by atoms with Crippen LogP contribution in [0.5, 0.6) is 0 Å². The number of carbonyl (C=O) groups is 1. The molecule has 0 bridgehead atoms. The van der Waals surface area contributed by atoms with E-state index in [2.05, 4.69) is 15.3 Å². The van der Waals surface area contributed by atoms with E-state index in [1.165, 1.54) is 12.1 Å². The molecule has 0 spiro atoms. The van der Waals surface area contributed by atoms with Crippen molar-refractivity contribution in [2.75, 3.05) is 5.32 Å². The van der Waals surface area contributed by atoms with Crippen LogP contribution in [0.3, 0.4) is 0 Å². The molecule has 0 aliphatic heterocycles. The Balaban J connectivity index is 2.39. The highest BCUT2D eigenvalue weighted by Crippen LogP contribution is 2.28. The number of hydrogen-bond acceptors (Lipinski definition) is 5. The lowest BCUT2D eigenvalue weighted by Crippen LogP contribution is -2.15. The summed E-state index contributed by atoms with van der Waals surface area (Å²) in [5.74, 6) is -0.850. The van der Waals surface area contributed by atoms with E-state index in [0.717, 1.165) is 12.4 Å². The molecule has 1 amide bonds. The van der Waals surface area contributed by atoms with Crippen molar-refractivity contribution >= 4 is 52.2 Å². The van der Waals surface area contributed by atoms with Crippen molar-refractivity contribution in [3.63, 3.8) is 0 Å². The molecule has 0 aliphatic carbocycles. The predicted molar refractivity (Wildman–Crippen MR) is 78.1 cm³/mol. The molecule has 1 aromatic heterocycles. The van der Waals surface area contributed by atoms with E-state index in [0.29, 0.717) is 0 Å². The third-order valence-corrected chi connectivity index (χ3v) is 3.36. The lowest BCUT2D eigenvalue weighted by Gasteiger charge is -2.07. The zero-order valence-corrected chi connectivity index (χ0v) is 12.3. The van der Waals surface area contributed by atoms with Crippen LogP contribution >= 0.6 is 34.8 Å². The van der Waals surface area contributed by atoms with Crippen LogP contribution in [0.2, 0.25) is 15.2 Å². The van der Waals surface area contributed by atoms with E-state index in [4.69, 9.17) is 34.8 Å². The van der Waals surface area contributed by atoms with Crippen molar-refractivity contribution in [1.82, 2.24) is 9.97 Å². The molecule has 21 heavy (non-hydrogen) atoms. The molecule has 0 radical (unpaired) electrons. The summed E-state index contributed by atoms with van der Waals surface area (Å²) in [5.41, 5.74) is -0.619. The second-order valence-corrected chi connectivity index (χ2v) is 4.87. The number of nitro groups is 1. The fraction of sp³-hybridized carbons (Fsp3) is 0. The molecule has 1 N–H and O–H groups in total. The number of nitrogens with one attached hydrogen (secondary N) is 1. The largest absolute Gasteiger partial charge is 0.305 e. The van der Waals surface area contributed by atoms with Gasteiger partial charge < -0.3 is 5.32 Å². The summed E-state index contributed by atoms with van der Waals surface area (Å²) < 4.78 is 0. The van der Waals surface area contributed by atoms with Gasteiger partial charge in [0, 0.05) is 11.1 Å². The van der Waals surface area contributed by atoms with E-state index >= 15 is 0 Å². The zero-order valence-electron chi connectivity index (χ0n) is 10.0. The molecule has 10 heteroatoms. The van der Waals surface area contributed by atoms with E-state index in [9.17, 15) is 14.9 Å². The monoisotopic (exact) mass is 346 g/mol. The molecule has 0 saturated carbocycles. The Morgan fingerprint density at radius 1 is 1.24 bits per heavy atom. The van der Waals surface area contributed by atoms with Crippen molar-refractivity contribution in [3.05, 3.63) is 55.4 Å². The van der Waals surface area contributed by atoms with Gasteiger partial charge in [-0.05, 0) is 12.1 Å². The maximum absolute atomic E-state index is 12.1. The maximum Gasteiger partial charge on any atom is 0.282 e. The Kier molecular flexibility index (Phi) is 4.56. The van der Waals surface area contributed by atoms with Crippen LogP contribution in [0.4, 0.5) is 11.5 Å². The van der Waals surface area contributed by atoms with Gasteiger partial charge in [0.25, 0.3) is 11.6 Å². The number of rotatable bonds is 3. The Labute approximate surface area is 133 Å². The molecule has 0 unspecified atom stereocenters. The molecular formula is C11H5Cl3N4O3. The number of amides is 1. The minimum absolute atomic E-state index is 0.0532. The van der Waals surface area contributed by atoms with Crippen LogP contribution < -0.4 is 5.32 Å². The minimum atomic E-state index is -0.791. The molecule has 0 fully saturated rings. The predicted octanol–water partition coefficient (Wildman–Crippen LogP) is 3.60. The number of carbonyl (C=O) groups excluding carboxylic acids is 1. The summed E-state index contributed by atoms with van der Waals surface area (Å²) in [5, 5.41) is 13.3. The number of hydrogen-bond donors (Lipinski definition) is 1. The first-order valence-corrected chi connectivity index (χ1v) is 6.45. The van der Waals surface area contributed by atoms with Gasteiger partial charge in [-0.3, -0.25) is 14.9 Å². The van der Waals surface area contributed by atoms with Crippen molar-refractivity contribution < 1.29 is 9.72 Å². The SMILES string of the molecule is O=C(Nc1ncnc(Cl)c1Cl)c1cc(Cl)ccc1[N+](=O)[O-]. The van der Waals surface area contributed by atoms with E-state index < -0.39 is 16.5 Å². The van der Waals surface area contributed by atoms with E-state index in [1.54, 1.807) is 0 Å². The summed E-state index contributed by atoms with van der Waals surface area (Å²) in [7, 11) is 0. The molecule has 108 valence electrons. The average Bonchev–Trinajstić information content (AvgIpc) is 2.43. The lowest BCUT2D eigenvalue weighted by molar-refractivity contribution is -0.385. The average molecular weight is 348 g/mol. The normalized spacial score (nSPS) is 10.2. The summed E-state index contributed by atoms with van der Waals surface area (Å²) >= 11 is 17.3. The van der Waals surface area contributed by atoms with Crippen LogP contribution in [-0.4, -0.2) is 20.8 Å². The number of halogens is 3. The van der Waals surface area contributed by atoms with Crippen molar-refractivity contribution in [1.29, 1.82) is 0 Å². The molecular weight excluding hydrogens is 343 g/mol. The van der Waals surface area contributed by atoms with E-state index in [1.807, 2.05) is 0 Å². The third kappa shape index (κ3) is 3.38. The first kappa shape index (κ1) is 15.4. The number of nitrogens with zero attached hydrogens (tertiary/aromatic N) is 3. The fourth-order valence-corrected chi connectivity index (χ4v) is 1.91. The smallest absolute Gasteiger partial charge is 0.282 e. The van der Waals surface area contributed by atoms with Crippen molar-refractivity contribution in [2.45, 2.75) is 0 Å². The van der Waals surface area contributed by atoms with Gasteiger partial charge in [-0.1, -0.05) is 34.8 Å².